The molecule has 4 rings (SSSR count). The van der Waals surface area contributed by atoms with E-state index >= 15 is 0 Å². The molecule has 4 aromatic rings. The van der Waals surface area contributed by atoms with Gasteiger partial charge in [-0.15, -0.1) is 0 Å². The van der Waals surface area contributed by atoms with Gasteiger partial charge in [0, 0.05) is 33.1 Å². The van der Waals surface area contributed by atoms with Crippen LogP contribution in [0.1, 0.15) is 21.7 Å². The van der Waals surface area contributed by atoms with Gasteiger partial charge in [0.25, 0.3) is 5.69 Å². The number of non-ortho nitro benzene ring substituents is 1. The number of rotatable bonds is 7. The number of furan rings is 1. The number of nitrogens with one attached hydrogen (secondary N) is 1. The van der Waals surface area contributed by atoms with Crippen molar-refractivity contribution in [3.05, 3.63) is 101 Å². The maximum atomic E-state index is 12.4. The van der Waals surface area contributed by atoms with Gasteiger partial charge in [0.2, 0.25) is 0 Å². The third-order valence-corrected chi connectivity index (χ3v) is 6.49. The molecular formula is C23H13Br2Cl2N3O5. The highest BCUT2D eigenvalue weighted by Gasteiger charge is 2.15. The monoisotopic (exact) mass is 639 g/mol. The predicted octanol–water partition coefficient (Wildman–Crippen LogP) is 7.52. The van der Waals surface area contributed by atoms with Gasteiger partial charge in [-0.05, 0) is 73.8 Å². The summed E-state index contributed by atoms with van der Waals surface area (Å²) in [6.45, 7) is 0.233. The molecule has 0 saturated carbocycles. The minimum absolute atomic E-state index is 0.0235. The number of nitrogens with zero attached hydrogens (tertiary/aromatic N) is 2. The van der Waals surface area contributed by atoms with Crippen LogP contribution in [-0.4, -0.2) is 17.0 Å². The second-order valence-corrected chi connectivity index (χ2v) is 9.68. The molecule has 1 N–H and O–H groups in total. The molecule has 0 bridgehead atoms. The third-order valence-electron chi connectivity index (χ3n) is 4.72. The Hall–Kier alpha value is -2.92. The molecule has 0 aliphatic heterocycles. The van der Waals surface area contributed by atoms with Crippen LogP contribution in [0, 0.1) is 10.1 Å². The molecule has 178 valence electrons. The molecule has 35 heavy (non-hydrogen) atoms. The van der Waals surface area contributed by atoms with Gasteiger partial charge in [0.15, 0.2) is 5.76 Å². The van der Waals surface area contributed by atoms with Crippen molar-refractivity contribution in [2.75, 3.05) is 0 Å². The standard InChI is InChI=1S/C23H13Br2Cl2N3O5/c24-17-5-12(6-18(25)22(17)34-11-13-1-2-15(26)9-19(13)27)10-28-29-23(31)21-8-14-7-16(30(32)33)3-4-20(14)35-21/h1-10H,11H2,(H,29,31)/b28-10-. The van der Waals surface area contributed by atoms with Crippen LogP contribution in [0.5, 0.6) is 5.75 Å². The molecular weight excluding hydrogens is 629 g/mol. The van der Waals surface area contributed by atoms with Crippen molar-refractivity contribution in [1.82, 2.24) is 5.43 Å². The van der Waals surface area contributed by atoms with E-state index in [0.29, 0.717) is 41.3 Å². The number of halogens is 4. The average Bonchev–Trinajstić information content (AvgIpc) is 3.23. The highest BCUT2D eigenvalue weighted by atomic mass is 79.9. The molecule has 8 nitrogen and oxygen atoms in total. The van der Waals surface area contributed by atoms with Gasteiger partial charge in [-0.3, -0.25) is 14.9 Å². The van der Waals surface area contributed by atoms with Gasteiger partial charge in [-0.2, -0.15) is 5.10 Å². The number of hydrogen-bond acceptors (Lipinski definition) is 6. The number of nitro benzene ring substituents is 1. The van der Waals surface area contributed by atoms with Crippen molar-refractivity contribution < 1.29 is 18.9 Å². The first-order valence-corrected chi connectivity index (χ1v) is 12.1. The van der Waals surface area contributed by atoms with E-state index in [4.69, 9.17) is 32.4 Å². The fraction of sp³-hybridized carbons (Fsp3) is 0.0435. The average molecular weight is 642 g/mol. The molecule has 0 radical (unpaired) electrons. The minimum atomic E-state index is -0.599. The second-order valence-electron chi connectivity index (χ2n) is 7.13. The summed E-state index contributed by atoms with van der Waals surface area (Å²) in [7, 11) is 0. The van der Waals surface area contributed by atoms with E-state index in [-0.39, 0.29) is 18.1 Å². The maximum absolute atomic E-state index is 12.4. The molecule has 3 aromatic carbocycles. The highest BCUT2D eigenvalue weighted by molar-refractivity contribution is 9.11. The Balaban J connectivity index is 1.42. The van der Waals surface area contributed by atoms with Crippen molar-refractivity contribution in [2.24, 2.45) is 5.10 Å². The van der Waals surface area contributed by atoms with Crippen molar-refractivity contribution in [1.29, 1.82) is 0 Å². The van der Waals surface area contributed by atoms with E-state index in [9.17, 15) is 14.9 Å². The number of carbonyl (C=O) groups is 1. The summed E-state index contributed by atoms with van der Waals surface area (Å²) >= 11 is 19.1. The Labute approximate surface area is 225 Å². The fourth-order valence-corrected chi connectivity index (χ4v) is 4.97. The number of hydrogen-bond donors (Lipinski definition) is 1. The molecule has 0 spiro atoms. The molecule has 0 unspecified atom stereocenters. The minimum Gasteiger partial charge on any atom is -0.486 e. The first kappa shape index (κ1) is 25.2. The molecule has 1 aromatic heterocycles. The van der Waals surface area contributed by atoms with Crippen LogP contribution in [0.3, 0.4) is 0 Å². The molecule has 0 saturated heterocycles. The first-order chi connectivity index (χ1) is 16.7. The van der Waals surface area contributed by atoms with Crippen molar-refractivity contribution >= 4 is 83.8 Å². The quantitative estimate of drug-likeness (QED) is 0.128. The zero-order valence-electron chi connectivity index (χ0n) is 17.4. The van der Waals surface area contributed by atoms with Crippen molar-refractivity contribution in [3.8, 4) is 5.75 Å². The Morgan fingerprint density at radius 3 is 2.54 bits per heavy atom. The summed E-state index contributed by atoms with van der Waals surface area (Å²) in [6, 6.07) is 14.2. The van der Waals surface area contributed by atoms with Crippen molar-refractivity contribution in [2.45, 2.75) is 6.61 Å². The summed E-state index contributed by atoms with van der Waals surface area (Å²) in [5, 5.41) is 16.4. The molecule has 1 amide bonds. The summed E-state index contributed by atoms with van der Waals surface area (Å²) in [4.78, 5) is 22.8. The fourth-order valence-electron chi connectivity index (χ4n) is 3.06. The first-order valence-electron chi connectivity index (χ1n) is 9.78. The molecule has 12 heteroatoms. The zero-order valence-corrected chi connectivity index (χ0v) is 22.1. The van der Waals surface area contributed by atoms with Crippen LogP contribution in [0.15, 0.2) is 73.1 Å². The summed E-state index contributed by atoms with van der Waals surface area (Å²) in [5.74, 6) is -0.0591. The topological polar surface area (TPSA) is 107 Å². The van der Waals surface area contributed by atoms with Crippen LogP contribution in [0.2, 0.25) is 10.0 Å². The van der Waals surface area contributed by atoms with Gasteiger partial charge in [-0.1, -0.05) is 29.3 Å². The lowest BCUT2D eigenvalue weighted by atomic mass is 10.2. The Kier molecular flexibility index (Phi) is 7.75. The van der Waals surface area contributed by atoms with Gasteiger partial charge < -0.3 is 9.15 Å². The van der Waals surface area contributed by atoms with Gasteiger partial charge >= 0.3 is 5.91 Å². The molecule has 0 aliphatic rings. The highest BCUT2D eigenvalue weighted by Crippen LogP contribution is 2.35. The van der Waals surface area contributed by atoms with Gasteiger partial charge in [0.1, 0.15) is 17.9 Å². The van der Waals surface area contributed by atoms with Gasteiger partial charge in [-0.25, -0.2) is 5.43 Å². The van der Waals surface area contributed by atoms with Crippen LogP contribution in [-0.2, 0) is 6.61 Å². The lowest BCUT2D eigenvalue weighted by molar-refractivity contribution is -0.384. The Morgan fingerprint density at radius 2 is 1.86 bits per heavy atom. The summed E-state index contributed by atoms with van der Waals surface area (Å²) in [5.41, 5.74) is 4.08. The normalized spacial score (nSPS) is 11.2. The summed E-state index contributed by atoms with van der Waals surface area (Å²) < 4.78 is 12.6. The number of amides is 1. The Morgan fingerprint density at radius 1 is 1.11 bits per heavy atom. The van der Waals surface area contributed by atoms with Gasteiger partial charge in [0.05, 0.1) is 20.1 Å². The summed E-state index contributed by atoms with van der Waals surface area (Å²) in [6.07, 6.45) is 1.45. The number of hydrazone groups is 1. The number of nitro groups is 1. The molecule has 0 aliphatic carbocycles. The SMILES string of the molecule is O=C(N/N=C\c1cc(Br)c(OCc2ccc(Cl)cc2Cl)c(Br)c1)c1cc2cc([N+](=O)[O-])ccc2o1. The lowest BCUT2D eigenvalue weighted by Gasteiger charge is -2.12. The number of benzene rings is 3. The van der Waals surface area contributed by atoms with Crippen molar-refractivity contribution in [3.63, 3.8) is 0 Å². The van der Waals surface area contributed by atoms with E-state index < -0.39 is 10.8 Å². The van der Waals surface area contributed by atoms with Crippen LogP contribution >= 0.6 is 55.1 Å². The van der Waals surface area contributed by atoms with Crippen LogP contribution < -0.4 is 10.2 Å². The third kappa shape index (κ3) is 6.02. The zero-order chi connectivity index (χ0) is 25.1. The molecule has 0 atom stereocenters. The Bertz CT molecular complexity index is 1470. The molecule has 0 fully saturated rings. The molecule has 1 heterocycles. The lowest BCUT2D eigenvalue weighted by Crippen LogP contribution is -2.16. The number of fused-ring (bicyclic) bond motifs is 1. The van der Waals surface area contributed by atoms with E-state index in [1.807, 2.05) is 0 Å². The smallest absolute Gasteiger partial charge is 0.307 e. The largest absolute Gasteiger partial charge is 0.486 e. The number of carbonyl (C=O) groups excluding carboxylic acids is 1. The van der Waals surface area contributed by atoms with E-state index in [0.717, 1.165) is 5.56 Å². The number of ether oxygens (including phenoxy) is 1. The van der Waals surface area contributed by atoms with Crippen LogP contribution in [0.4, 0.5) is 5.69 Å². The second kappa shape index (κ2) is 10.8. The van der Waals surface area contributed by atoms with Crippen LogP contribution in [0.25, 0.3) is 11.0 Å². The van der Waals surface area contributed by atoms with E-state index in [2.05, 4.69) is 42.4 Å². The van der Waals surface area contributed by atoms with E-state index in [1.165, 1.54) is 30.5 Å². The predicted molar refractivity (Wildman–Crippen MR) is 141 cm³/mol. The van der Waals surface area contributed by atoms with E-state index in [1.54, 1.807) is 30.3 Å². The maximum Gasteiger partial charge on any atom is 0.307 e.